The van der Waals surface area contributed by atoms with Crippen molar-refractivity contribution in [1.29, 1.82) is 0 Å². The minimum absolute atomic E-state index is 0.0175. The minimum Gasteiger partial charge on any atom is -0.371 e. The summed E-state index contributed by atoms with van der Waals surface area (Å²) in [5, 5.41) is 0. The Morgan fingerprint density at radius 3 is 2.83 bits per heavy atom. The van der Waals surface area contributed by atoms with E-state index < -0.39 is 5.82 Å². The van der Waals surface area contributed by atoms with E-state index in [2.05, 4.69) is 9.97 Å². The van der Waals surface area contributed by atoms with Crippen molar-refractivity contribution >= 4 is 11.9 Å². The highest BCUT2D eigenvalue weighted by Gasteiger charge is 2.48. The van der Waals surface area contributed by atoms with Crippen molar-refractivity contribution in [3.63, 3.8) is 0 Å². The molecule has 2 aliphatic rings. The number of hydrogen-bond donors (Lipinski definition) is 0. The molecule has 0 aliphatic carbocycles. The molecule has 8 heteroatoms. The van der Waals surface area contributed by atoms with E-state index in [1.54, 1.807) is 14.1 Å². The van der Waals surface area contributed by atoms with Crippen LogP contribution in [-0.2, 0) is 14.3 Å². The molecule has 1 amide bonds. The average molecular weight is 324 g/mol. The fourth-order valence-corrected chi connectivity index (χ4v) is 2.92. The van der Waals surface area contributed by atoms with Crippen LogP contribution in [0, 0.1) is 5.82 Å². The van der Waals surface area contributed by atoms with Gasteiger partial charge in [0.25, 0.3) is 0 Å². The molecule has 3 rings (SSSR count). The molecule has 2 saturated heterocycles. The van der Waals surface area contributed by atoms with Gasteiger partial charge in [0.05, 0.1) is 31.6 Å². The number of carbonyl (C=O) groups is 1. The quantitative estimate of drug-likeness (QED) is 0.801. The Morgan fingerprint density at radius 1 is 1.48 bits per heavy atom. The zero-order valence-electron chi connectivity index (χ0n) is 13.4. The van der Waals surface area contributed by atoms with Crippen molar-refractivity contribution in [2.75, 3.05) is 45.3 Å². The second kappa shape index (κ2) is 6.37. The first-order valence-electron chi connectivity index (χ1n) is 7.66. The summed E-state index contributed by atoms with van der Waals surface area (Å²) in [6.45, 7) is 2.01. The van der Waals surface area contributed by atoms with Gasteiger partial charge in [-0.3, -0.25) is 4.79 Å². The van der Waals surface area contributed by atoms with Crippen LogP contribution in [0.1, 0.15) is 12.8 Å². The minimum atomic E-state index is -0.447. The van der Waals surface area contributed by atoms with Crippen molar-refractivity contribution in [1.82, 2.24) is 14.9 Å². The average Bonchev–Trinajstić information content (AvgIpc) is 2.51. The van der Waals surface area contributed by atoms with Gasteiger partial charge >= 0.3 is 0 Å². The molecule has 2 fully saturated rings. The second-order valence-corrected chi connectivity index (χ2v) is 6.30. The zero-order valence-corrected chi connectivity index (χ0v) is 13.4. The molecule has 0 N–H and O–H groups in total. The highest BCUT2D eigenvalue weighted by molar-refractivity contribution is 5.76. The van der Waals surface area contributed by atoms with Crippen LogP contribution < -0.4 is 4.90 Å². The molecule has 0 bridgehead atoms. The number of aromatic nitrogens is 2. The van der Waals surface area contributed by atoms with Crippen molar-refractivity contribution in [3.05, 3.63) is 18.2 Å². The molecule has 1 aromatic heterocycles. The number of nitrogens with zero attached hydrogens (tertiary/aromatic N) is 4. The van der Waals surface area contributed by atoms with E-state index in [1.807, 2.05) is 4.90 Å². The van der Waals surface area contributed by atoms with Gasteiger partial charge in [-0.05, 0) is 6.42 Å². The number of likely N-dealkylation sites (N-methyl/N-ethyl adjacent to an activating group) is 1. The highest BCUT2D eigenvalue weighted by Crippen LogP contribution is 2.36. The molecule has 1 atom stereocenters. The van der Waals surface area contributed by atoms with Crippen molar-refractivity contribution in [2.24, 2.45) is 0 Å². The van der Waals surface area contributed by atoms with Gasteiger partial charge in [-0.2, -0.15) is 0 Å². The Kier molecular flexibility index (Phi) is 4.45. The topological polar surface area (TPSA) is 67.8 Å². The molecule has 3 heterocycles. The van der Waals surface area contributed by atoms with Crippen molar-refractivity contribution < 1.29 is 18.7 Å². The zero-order chi connectivity index (χ0) is 16.4. The molecule has 23 heavy (non-hydrogen) atoms. The lowest BCUT2D eigenvalue weighted by atomic mass is 9.85. The molecule has 2 aliphatic heterocycles. The second-order valence-electron chi connectivity index (χ2n) is 6.30. The molecule has 0 saturated carbocycles. The normalized spacial score (nSPS) is 22.7. The lowest BCUT2D eigenvalue weighted by Crippen LogP contribution is -2.66. The van der Waals surface area contributed by atoms with Gasteiger partial charge in [-0.25, -0.2) is 14.4 Å². The van der Waals surface area contributed by atoms with Crippen LogP contribution in [0.2, 0.25) is 0 Å². The molecule has 0 unspecified atom stereocenters. The van der Waals surface area contributed by atoms with E-state index in [1.165, 1.54) is 4.90 Å². The Balaban J connectivity index is 1.51. The van der Waals surface area contributed by atoms with Crippen LogP contribution in [0.15, 0.2) is 12.4 Å². The van der Waals surface area contributed by atoms with Gasteiger partial charge in [0.2, 0.25) is 11.9 Å². The van der Waals surface area contributed by atoms with Crippen LogP contribution >= 0.6 is 0 Å². The Morgan fingerprint density at radius 2 is 2.17 bits per heavy atom. The van der Waals surface area contributed by atoms with Gasteiger partial charge < -0.3 is 19.3 Å². The molecule has 1 spiro atoms. The van der Waals surface area contributed by atoms with Crippen LogP contribution in [0.25, 0.3) is 0 Å². The molecular formula is C15H21FN4O3. The number of halogens is 1. The first kappa shape index (κ1) is 16.1. The van der Waals surface area contributed by atoms with Crippen LogP contribution in [0.4, 0.5) is 10.3 Å². The van der Waals surface area contributed by atoms with Gasteiger partial charge in [-0.15, -0.1) is 0 Å². The van der Waals surface area contributed by atoms with Crippen molar-refractivity contribution in [2.45, 2.75) is 24.5 Å². The summed E-state index contributed by atoms with van der Waals surface area (Å²) in [5.41, 5.74) is -0.276. The number of carbonyl (C=O) groups excluding carboxylic acids is 1. The first-order valence-corrected chi connectivity index (χ1v) is 7.66. The maximum atomic E-state index is 12.9. The van der Waals surface area contributed by atoms with E-state index in [-0.39, 0.29) is 24.2 Å². The van der Waals surface area contributed by atoms with Gasteiger partial charge in [-0.1, -0.05) is 0 Å². The van der Waals surface area contributed by atoms with E-state index in [4.69, 9.17) is 9.47 Å². The summed E-state index contributed by atoms with van der Waals surface area (Å²) in [6.07, 6.45) is 3.87. The number of hydrogen-bond acceptors (Lipinski definition) is 6. The van der Waals surface area contributed by atoms with E-state index >= 15 is 0 Å². The number of rotatable bonds is 4. The van der Waals surface area contributed by atoms with E-state index in [9.17, 15) is 9.18 Å². The molecule has 7 nitrogen and oxygen atoms in total. The molecule has 0 aromatic carbocycles. The van der Waals surface area contributed by atoms with E-state index in [0.29, 0.717) is 25.6 Å². The third kappa shape index (κ3) is 3.59. The summed E-state index contributed by atoms with van der Waals surface area (Å²) < 4.78 is 24.5. The van der Waals surface area contributed by atoms with Crippen molar-refractivity contribution in [3.8, 4) is 0 Å². The third-order valence-corrected chi connectivity index (χ3v) is 4.24. The summed E-state index contributed by atoms with van der Waals surface area (Å²) >= 11 is 0. The summed E-state index contributed by atoms with van der Waals surface area (Å²) in [7, 11) is 3.42. The SMILES string of the molecule is CN(C)C(=O)CO[C@@H]1CCOC2(C1)CN(c1ncc(F)cn1)C2. The number of amides is 1. The largest absolute Gasteiger partial charge is 0.371 e. The monoisotopic (exact) mass is 324 g/mol. The smallest absolute Gasteiger partial charge is 0.248 e. The summed E-state index contributed by atoms with van der Waals surface area (Å²) in [5.74, 6) is 0.0175. The lowest BCUT2D eigenvalue weighted by Gasteiger charge is -2.52. The van der Waals surface area contributed by atoms with Gasteiger partial charge in [0.1, 0.15) is 12.2 Å². The standard InChI is InChI=1S/C15H21FN4O3/c1-19(2)13(21)8-22-12-3-4-23-15(5-12)9-20(10-15)14-17-6-11(16)7-18-14/h6-7,12H,3-5,8-10H2,1-2H3/t12-/m1/s1. The number of anilines is 1. The first-order chi connectivity index (χ1) is 11.0. The van der Waals surface area contributed by atoms with Crippen LogP contribution in [0.5, 0.6) is 0 Å². The molecule has 1 aromatic rings. The lowest BCUT2D eigenvalue weighted by molar-refractivity contribution is -0.156. The fourth-order valence-electron chi connectivity index (χ4n) is 2.92. The molecule has 126 valence electrons. The number of ether oxygens (including phenoxy) is 2. The maximum Gasteiger partial charge on any atom is 0.248 e. The predicted molar refractivity (Wildman–Crippen MR) is 80.6 cm³/mol. The highest BCUT2D eigenvalue weighted by atomic mass is 19.1. The molecular weight excluding hydrogens is 303 g/mol. The predicted octanol–water partition coefficient (Wildman–Crippen LogP) is 0.458. The Hall–Kier alpha value is -1.80. The Bertz CT molecular complexity index is 560. The fraction of sp³-hybridized carbons (Fsp3) is 0.667. The third-order valence-electron chi connectivity index (χ3n) is 4.24. The Labute approximate surface area is 134 Å². The van der Waals surface area contributed by atoms with Gasteiger partial charge in [0.15, 0.2) is 5.82 Å². The maximum absolute atomic E-state index is 12.9. The van der Waals surface area contributed by atoms with Crippen LogP contribution in [0.3, 0.4) is 0 Å². The summed E-state index contributed by atoms with van der Waals surface area (Å²) in [6, 6.07) is 0. The van der Waals surface area contributed by atoms with Crippen LogP contribution in [-0.4, -0.2) is 72.9 Å². The summed E-state index contributed by atoms with van der Waals surface area (Å²) in [4.78, 5) is 23.0. The van der Waals surface area contributed by atoms with Gasteiger partial charge in [0, 0.05) is 27.1 Å². The van der Waals surface area contributed by atoms with E-state index in [0.717, 1.165) is 25.2 Å². The molecule has 0 radical (unpaired) electrons.